The van der Waals surface area contributed by atoms with Crippen molar-refractivity contribution in [2.75, 3.05) is 17.2 Å². The summed E-state index contributed by atoms with van der Waals surface area (Å²) < 4.78 is 29.2. The lowest BCUT2D eigenvalue weighted by Crippen LogP contribution is -2.22. The second kappa shape index (κ2) is 9.52. The zero-order valence-corrected chi connectivity index (χ0v) is 15.3. The van der Waals surface area contributed by atoms with Gasteiger partial charge in [-0.2, -0.15) is 8.78 Å². The van der Waals surface area contributed by atoms with E-state index < -0.39 is 6.61 Å². The summed E-state index contributed by atoms with van der Waals surface area (Å²) in [5.41, 5.74) is 0.502. The van der Waals surface area contributed by atoms with Gasteiger partial charge in [-0.3, -0.25) is 4.79 Å². The fourth-order valence-corrected chi connectivity index (χ4v) is 3.65. The molecule has 10 heteroatoms. The third kappa shape index (κ3) is 6.46. The molecular weight excluding hydrogens is 370 g/mol. The lowest BCUT2D eigenvalue weighted by Gasteiger charge is -2.11. The minimum atomic E-state index is -2.87. The zero-order valence-electron chi connectivity index (χ0n) is 13.7. The molecule has 0 saturated carbocycles. The second-order valence-electron chi connectivity index (χ2n) is 4.95. The van der Waals surface area contributed by atoms with E-state index >= 15 is 0 Å². The highest BCUT2D eigenvalue weighted by molar-refractivity contribution is 8.02. The molecule has 0 bridgehead atoms. The van der Waals surface area contributed by atoms with Crippen LogP contribution in [0.1, 0.15) is 20.3 Å². The minimum Gasteiger partial charge on any atom is -0.435 e. The number of carbonyl (C=O) groups is 1. The SMILES string of the molecule is CCCNc1nnc(SC(C)C(=O)Nc2ccc(OC(F)F)cc2)s1. The standard InChI is InChI=1S/C15H18F2N4O2S2/c1-3-8-18-14-20-21-15(25-14)24-9(2)12(22)19-10-4-6-11(7-5-10)23-13(16)17/h4-7,9,13H,3,8H2,1-2H3,(H,18,20)(H,19,22). The Morgan fingerprint density at radius 2 is 2.04 bits per heavy atom. The van der Waals surface area contributed by atoms with Gasteiger partial charge in [0.15, 0.2) is 4.34 Å². The van der Waals surface area contributed by atoms with E-state index in [4.69, 9.17) is 0 Å². The topological polar surface area (TPSA) is 76.1 Å². The lowest BCUT2D eigenvalue weighted by atomic mass is 10.3. The van der Waals surface area contributed by atoms with Gasteiger partial charge in [0.05, 0.1) is 5.25 Å². The molecule has 2 N–H and O–H groups in total. The van der Waals surface area contributed by atoms with Crippen molar-refractivity contribution in [3.05, 3.63) is 24.3 Å². The molecular formula is C15H18F2N4O2S2. The molecule has 1 atom stereocenters. The van der Waals surface area contributed by atoms with Crippen molar-refractivity contribution in [1.82, 2.24) is 10.2 Å². The van der Waals surface area contributed by atoms with Crippen molar-refractivity contribution < 1.29 is 18.3 Å². The molecule has 136 valence electrons. The van der Waals surface area contributed by atoms with E-state index in [1.165, 1.54) is 47.4 Å². The number of thioether (sulfide) groups is 1. The normalized spacial score (nSPS) is 12.0. The molecule has 1 heterocycles. The second-order valence-corrected chi connectivity index (χ2v) is 7.52. The highest BCUT2D eigenvalue weighted by atomic mass is 32.2. The Morgan fingerprint density at radius 1 is 1.32 bits per heavy atom. The third-order valence-electron chi connectivity index (χ3n) is 2.93. The van der Waals surface area contributed by atoms with Gasteiger partial charge in [0.2, 0.25) is 11.0 Å². The van der Waals surface area contributed by atoms with Crippen molar-refractivity contribution in [3.8, 4) is 5.75 Å². The van der Waals surface area contributed by atoms with Crippen LogP contribution in [-0.4, -0.2) is 34.5 Å². The number of aromatic nitrogens is 2. The van der Waals surface area contributed by atoms with Crippen molar-refractivity contribution in [2.24, 2.45) is 0 Å². The van der Waals surface area contributed by atoms with Crippen LogP contribution in [0.2, 0.25) is 0 Å². The van der Waals surface area contributed by atoms with Crippen LogP contribution in [0, 0.1) is 0 Å². The van der Waals surface area contributed by atoms with E-state index in [0.717, 1.165) is 18.1 Å². The molecule has 25 heavy (non-hydrogen) atoms. The lowest BCUT2D eigenvalue weighted by molar-refractivity contribution is -0.115. The summed E-state index contributed by atoms with van der Waals surface area (Å²) in [5, 5.41) is 14.3. The Bertz CT molecular complexity index is 682. The molecule has 6 nitrogen and oxygen atoms in total. The van der Waals surface area contributed by atoms with E-state index in [9.17, 15) is 13.6 Å². The molecule has 1 aromatic heterocycles. The number of benzene rings is 1. The summed E-state index contributed by atoms with van der Waals surface area (Å²) in [7, 11) is 0. The van der Waals surface area contributed by atoms with Crippen LogP contribution in [0.4, 0.5) is 19.6 Å². The molecule has 0 aliphatic heterocycles. The number of carbonyl (C=O) groups excluding carboxylic acids is 1. The number of amides is 1. The highest BCUT2D eigenvalue weighted by Gasteiger charge is 2.17. The average Bonchev–Trinajstić information content (AvgIpc) is 3.01. The van der Waals surface area contributed by atoms with E-state index in [-0.39, 0.29) is 16.9 Å². The summed E-state index contributed by atoms with van der Waals surface area (Å²) in [6, 6.07) is 5.75. The number of halogens is 2. The van der Waals surface area contributed by atoms with E-state index in [0.29, 0.717) is 10.0 Å². The zero-order chi connectivity index (χ0) is 18.2. The maximum Gasteiger partial charge on any atom is 0.387 e. The Hall–Kier alpha value is -1.94. The quantitative estimate of drug-likeness (QED) is 0.631. The smallest absolute Gasteiger partial charge is 0.387 e. The van der Waals surface area contributed by atoms with Gasteiger partial charge < -0.3 is 15.4 Å². The molecule has 1 aromatic carbocycles. The van der Waals surface area contributed by atoms with Gasteiger partial charge in [0.1, 0.15) is 5.75 Å². The number of nitrogens with one attached hydrogen (secondary N) is 2. The third-order valence-corrected chi connectivity index (χ3v) is 4.99. The van der Waals surface area contributed by atoms with Gasteiger partial charge >= 0.3 is 6.61 Å². The van der Waals surface area contributed by atoms with Crippen molar-refractivity contribution in [2.45, 2.75) is 36.5 Å². The number of alkyl halides is 2. The van der Waals surface area contributed by atoms with Crippen LogP contribution in [0.15, 0.2) is 28.6 Å². The molecule has 0 radical (unpaired) electrons. The molecule has 0 fully saturated rings. The number of rotatable bonds is 9. The molecule has 1 unspecified atom stereocenters. The van der Waals surface area contributed by atoms with Gasteiger partial charge in [-0.15, -0.1) is 10.2 Å². The minimum absolute atomic E-state index is 0.0383. The van der Waals surface area contributed by atoms with Gasteiger partial charge in [-0.05, 0) is 37.6 Å². The Labute approximate surface area is 152 Å². The van der Waals surface area contributed by atoms with Crippen molar-refractivity contribution in [3.63, 3.8) is 0 Å². The molecule has 0 aliphatic carbocycles. The Kier molecular flexibility index (Phi) is 7.38. The Morgan fingerprint density at radius 3 is 2.68 bits per heavy atom. The number of nitrogens with zero attached hydrogens (tertiary/aromatic N) is 2. The maximum absolute atomic E-state index is 12.2. The van der Waals surface area contributed by atoms with E-state index in [1.54, 1.807) is 6.92 Å². The van der Waals surface area contributed by atoms with Crippen LogP contribution >= 0.6 is 23.1 Å². The first kappa shape index (κ1) is 19.4. The fraction of sp³-hybridized carbons (Fsp3) is 0.400. The van der Waals surface area contributed by atoms with Gasteiger partial charge in [-0.1, -0.05) is 30.0 Å². The molecule has 1 amide bonds. The highest BCUT2D eigenvalue weighted by Crippen LogP contribution is 2.29. The molecule has 2 aromatic rings. The maximum atomic E-state index is 12.2. The molecule has 2 rings (SSSR count). The van der Waals surface area contributed by atoms with E-state index in [1.807, 2.05) is 0 Å². The van der Waals surface area contributed by atoms with Crippen LogP contribution in [-0.2, 0) is 4.79 Å². The first-order valence-electron chi connectivity index (χ1n) is 7.57. The summed E-state index contributed by atoms with van der Waals surface area (Å²) in [6.07, 6.45) is 0.988. The van der Waals surface area contributed by atoms with Gasteiger partial charge in [0, 0.05) is 12.2 Å². The summed E-state index contributed by atoms with van der Waals surface area (Å²) in [6.45, 7) is 1.76. The van der Waals surface area contributed by atoms with Gasteiger partial charge in [-0.25, -0.2) is 0 Å². The first-order chi connectivity index (χ1) is 12.0. The summed E-state index contributed by atoms with van der Waals surface area (Å²) in [5.74, 6) is -0.179. The van der Waals surface area contributed by atoms with Gasteiger partial charge in [0.25, 0.3) is 0 Å². The van der Waals surface area contributed by atoms with E-state index in [2.05, 4.69) is 32.5 Å². The van der Waals surface area contributed by atoms with Crippen LogP contribution < -0.4 is 15.4 Å². The van der Waals surface area contributed by atoms with Crippen LogP contribution in [0.25, 0.3) is 0 Å². The molecule has 0 spiro atoms. The Balaban J connectivity index is 1.86. The van der Waals surface area contributed by atoms with Crippen LogP contribution in [0.5, 0.6) is 5.75 Å². The predicted octanol–water partition coefficient (Wildman–Crippen LogP) is 4.08. The number of ether oxygens (including phenoxy) is 1. The molecule has 0 saturated heterocycles. The predicted molar refractivity (Wildman–Crippen MR) is 95.7 cm³/mol. The largest absolute Gasteiger partial charge is 0.435 e. The summed E-state index contributed by atoms with van der Waals surface area (Å²) >= 11 is 2.70. The number of hydrogen-bond acceptors (Lipinski definition) is 7. The average molecular weight is 388 g/mol. The monoisotopic (exact) mass is 388 g/mol. The number of anilines is 2. The van der Waals surface area contributed by atoms with Crippen LogP contribution in [0.3, 0.4) is 0 Å². The summed E-state index contributed by atoms with van der Waals surface area (Å²) in [4.78, 5) is 12.2. The van der Waals surface area contributed by atoms with Crippen molar-refractivity contribution in [1.29, 1.82) is 0 Å². The number of hydrogen-bond donors (Lipinski definition) is 2. The fourth-order valence-electron chi connectivity index (χ4n) is 1.73. The molecule has 0 aliphatic rings. The van der Waals surface area contributed by atoms with Crippen molar-refractivity contribution >= 4 is 39.8 Å². The first-order valence-corrected chi connectivity index (χ1v) is 9.27.